The second-order valence-electron chi connectivity index (χ2n) is 6.83. The van der Waals surface area contributed by atoms with Crippen LogP contribution in [-0.4, -0.2) is 29.7 Å². The van der Waals surface area contributed by atoms with Gasteiger partial charge in [-0.1, -0.05) is 26.7 Å². The van der Waals surface area contributed by atoms with E-state index in [9.17, 15) is 13.2 Å². The molecule has 1 heterocycles. The Balaban J connectivity index is 2.25. The van der Waals surface area contributed by atoms with E-state index in [0.717, 1.165) is 25.5 Å². The molecule has 5 nitrogen and oxygen atoms in total. The maximum Gasteiger partial charge on any atom is 0.421 e. The Labute approximate surface area is 169 Å². The minimum Gasteiger partial charge on any atom is -0.494 e. The maximum absolute atomic E-state index is 13.5. The zero-order chi connectivity index (χ0) is 21.4. The van der Waals surface area contributed by atoms with Crippen LogP contribution in [0.15, 0.2) is 30.5 Å². The molecule has 0 bridgehead atoms. The van der Waals surface area contributed by atoms with Crippen LogP contribution in [0, 0.1) is 0 Å². The lowest BCUT2D eigenvalue weighted by molar-refractivity contribution is -0.137. The molecule has 160 valence electrons. The summed E-state index contributed by atoms with van der Waals surface area (Å²) in [5.74, 6) is 0.417. The SMILES string of the molecule is CCCCCOc1ccc(N(C)c2nc(OC(C)CC)ncc2C(F)(F)F)cc1. The van der Waals surface area contributed by atoms with Gasteiger partial charge in [-0.3, -0.25) is 0 Å². The van der Waals surface area contributed by atoms with Crippen LogP contribution in [0.1, 0.15) is 52.0 Å². The van der Waals surface area contributed by atoms with Gasteiger partial charge in [0.25, 0.3) is 0 Å². The van der Waals surface area contributed by atoms with Crippen molar-refractivity contribution < 1.29 is 22.6 Å². The summed E-state index contributed by atoms with van der Waals surface area (Å²) >= 11 is 0. The van der Waals surface area contributed by atoms with Crippen molar-refractivity contribution in [2.24, 2.45) is 0 Å². The standard InChI is InChI=1S/C21H28F3N3O2/c1-5-7-8-13-28-17-11-9-16(10-12-17)27(4)19-18(21(22,23)24)14-25-20(26-19)29-15(3)6-2/h9-12,14-15H,5-8,13H2,1-4H3. The molecule has 0 spiro atoms. The van der Waals surface area contributed by atoms with E-state index < -0.39 is 11.7 Å². The van der Waals surface area contributed by atoms with Crippen LogP contribution >= 0.6 is 0 Å². The van der Waals surface area contributed by atoms with E-state index in [4.69, 9.17) is 9.47 Å². The van der Waals surface area contributed by atoms with E-state index >= 15 is 0 Å². The first-order valence-corrected chi connectivity index (χ1v) is 9.83. The number of hydrogen-bond donors (Lipinski definition) is 0. The third-order valence-corrected chi connectivity index (χ3v) is 4.49. The van der Waals surface area contributed by atoms with Crippen molar-refractivity contribution in [1.82, 2.24) is 9.97 Å². The van der Waals surface area contributed by atoms with E-state index in [-0.39, 0.29) is 17.9 Å². The second kappa shape index (κ2) is 10.3. The average molecular weight is 411 g/mol. The molecular formula is C21H28F3N3O2. The minimum atomic E-state index is -4.58. The normalized spacial score (nSPS) is 12.5. The molecule has 0 aliphatic rings. The first-order chi connectivity index (χ1) is 13.8. The van der Waals surface area contributed by atoms with Crippen molar-refractivity contribution in [3.8, 4) is 11.8 Å². The molecule has 1 aromatic heterocycles. The van der Waals surface area contributed by atoms with Gasteiger partial charge >= 0.3 is 12.2 Å². The first kappa shape index (κ1) is 22.8. The van der Waals surface area contributed by atoms with Crippen LogP contribution in [0.25, 0.3) is 0 Å². The molecule has 0 saturated carbocycles. The van der Waals surface area contributed by atoms with Gasteiger partial charge < -0.3 is 14.4 Å². The van der Waals surface area contributed by atoms with E-state index in [0.29, 0.717) is 24.5 Å². The lowest BCUT2D eigenvalue weighted by Gasteiger charge is -2.23. The van der Waals surface area contributed by atoms with Gasteiger partial charge in [-0.2, -0.15) is 18.2 Å². The number of benzene rings is 1. The predicted molar refractivity (Wildman–Crippen MR) is 107 cm³/mol. The van der Waals surface area contributed by atoms with Gasteiger partial charge in [-0.15, -0.1) is 0 Å². The molecular weight excluding hydrogens is 383 g/mol. The predicted octanol–water partition coefficient (Wildman–Crippen LogP) is 6.01. The number of anilines is 2. The molecule has 1 aromatic carbocycles. The molecule has 0 aliphatic carbocycles. The Bertz CT molecular complexity index is 767. The Kier molecular flexibility index (Phi) is 8.10. The number of alkyl halides is 3. The zero-order valence-electron chi connectivity index (χ0n) is 17.3. The lowest BCUT2D eigenvalue weighted by atomic mass is 10.2. The molecule has 1 unspecified atom stereocenters. The fraction of sp³-hybridized carbons (Fsp3) is 0.524. The molecule has 0 radical (unpaired) electrons. The lowest BCUT2D eigenvalue weighted by Crippen LogP contribution is -2.20. The molecule has 2 rings (SSSR count). The smallest absolute Gasteiger partial charge is 0.421 e. The van der Waals surface area contributed by atoms with E-state index in [2.05, 4.69) is 16.9 Å². The van der Waals surface area contributed by atoms with Crippen molar-refractivity contribution in [2.45, 2.75) is 58.7 Å². The summed E-state index contributed by atoms with van der Waals surface area (Å²) in [4.78, 5) is 9.14. The molecule has 8 heteroatoms. The summed E-state index contributed by atoms with van der Waals surface area (Å²) < 4.78 is 51.6. The third-order valence-electron chi connectivity index (χ3n) is 4.49. The minimum absolute atomic E-state index is 0.0786. The molecule has 0 saturated heterocycles. The summed E-state index contributed by atoms with van der Waals surface area (Å²) in [5.41, 5.74) is -0.374. The fourth-order valence-corrected chi connectivity index (χ4v) is 2.56. The highest BCUT2D eigenvalue weighted by Crippen LogP contribution is 2.38. The van der Waals surface area contributed by atoms with Crippen LogP contribution in [0.2, 0.25) is 0 Å². The summed E-state index contributed by atoms with van der Waals surface area (Å²) in [6, 6.07) is 6.80. The first-order valence-electron chi connectivity index (χ1n) is 9.83. The van der Waals surface area contributed by atoms with Crippen LogP contribution in [0.4, 0.5) is 24.7 Å². The molecule has 2 aromatic rings. The Morgan fingerprint density at radius 2 is 1.79 bits per heavy atom. The summed E-state index contributed by atoms with van der Waals surface area (Å²) in [6.45, 7) is 6.45. The number of ether oxygens (including phenoxy) is 2. The van der Waals surface area contributed by atoms with E-state index in [1.54, 1.807) is 24.3 Å². The van der Waals surface area contributed by atoms with E-state index in [1.807, 2.05) is 13.8 Å². The highest BCUT2D eigenvalue weighted by atomic mass is 19.4. The number of nitrogens with zero attached hydrogens (tertiary/aromatic N) is 3. The number of halogens is 3. The number of rotatable bonds is 10. The largest absolute Gasteiger partial charge is 0.494 e. The molecule has 0 fully saturated rings. The van der Waals surface area contributed by atoms with Crippen LogP contribution in [0.3, 0.4) is 0 Å². The summed E-state index contributed by atoms with van der Waals surface area (Å²) in [6.07, 6.45) is -0.161. The molecule has 1 atom stereocenters. The average Bonchev–Trinajstić information content (AvgIpc) is 2.70. The second-order valence-corrected chi connectivity index (χ2v) is 6.83. The molecule has 0 amide bonds. The Hall–Kier alpha value is -2.51. The fourth-order valence-electron chi connectivity index (χ4n) is 2.56. The number of hydrogen-bond acceptors (Lipinski definition) is 5. The van der Waals surface area contributed by atoms with Gasteiger partial charge in [0.1, 0.15) is 11.3 Å². The van der Waals surface area contributed by atoms with Crippen LogP contribution in [-0.2, 0) is 6.18 Å². The quantitative estimate of drug-likeness (QED) is 0.448. The van der Waals surface area contributed by atoms with Crippen molar-refractivity contribution in [2.75, 3.05) is 18.6 Å². The molecule has 0 N–H and O–H groups in total. The Morgan fingerprint density at radius 1 is 1.10 bits per heavy atom. The van der Waals surface area contributed by atoms with Gasteiger partial charge in [0.15, 0.2) is 5.82 Å². The van der Waals surface area contributed by atoms with Gasteiger partial charge in [-0.25, -0.2) is 4.98 Å². The summed E-state index contributed by atoms with van der Waals surface area (Å²) in [7, 11) is 1.53. The van der Waals surface area contributed by atoms with Gasteiger partial charge in [0.05, 0.1) is 12.7 Å². The Morgan fingerprint density at radius 3 is 2.38 bits per heavy atom. The van der Waals surface area contributed by atoms with Crippen molar-refractivity contribution in [3.63, 3.8) is 0 Å². The van der Waals surface area contributed by atoms with Crippen molar-refractivity contribution in [3.05, 3.63) is 36.0 Å². The van der Waals surface area contributed by atoms with E-state index in [1.165, 1.54) is 11.9 Å². The maximum atomic E-state index is 13.5. The number of aromatic nitrogens is 2. The van der Waals surface area contributed by atoms with Crippen LogP contribution < -0.4 is 14.4 Å². The topological polar surface area (TPSA) is 47.5 Å². The van der Waals surface area contributed by atoms with Crippen LogP contribution in [0.5, 0.6) is 11.8 Å². The number of unbranched alkanes of at least 4 members (excludes halogenated alkanes) is 2. The van der Waals surface area contributed by atoms with Crippen molar-refractivity contribution in [1.29, 1.82) is 0 Å². The summed E-state index contributed by atoms with van der Waals surface area (Å²) in [5, 5.41) is 0. The van der Waals surface area contributed by atoms with Gasteiger partial charge in [0.2, 0.25) is 0 Å². The zero-order valence-corrected chi connectivity index (χ0v) is 17.3. The monoisotopic (exact) mass is 411 g/mol. The van der Waals surface area contributed by atoms with Gasteiger partial charge in [0, 0.05) is 18.9 Å². The molecule has 0 aliphatic heterocycles. The van der Waals surface area contributed by atoms with Gasteiger partial charge in [-0.05, 0) is 44.0 Å². The molecule has 29 heavy (non-hydrogen) atoms. The highest BCUT2D eigenvalue weighted by Gasteiger charge is 2.36. The third kappa shape index (κ3) is 6.51. The highest BCUT2D eigenvalue weighted by molar-refractivity contribution is 5.63. The van der Waals surface area contributed by atoms with Crippen molar-refractivity contribution >= 4 is 11.5 Å².